The van der Waals surface area contributed by atoms with Gasteiger partial charge in [-0.25, -0.2) is 13.2 Å². The molecule has 1 saturated carbocycles. The number of carbonyl (C=O) groups excluding carboxylic acids is 1. The third-order valence-corrected chi connectivity index (χ3v) is 6.41. The molecule has 3 N–H and O–H groups in total. The van der Waals surface area contributed by atoms with E-state index in [0.29, 0.717) is 37.2 Å². The van der Waals surface area contributed by atoms with Gasteiger partial charge in [-0.05, 0) is 56.4 Å². The molecule has 1 saturated heterocycles. The Hall–Kier alpha value is -1.80. The second-order valence-electron chi connectivity index (χ2n) is 6.39. The first-order valence-electron chi connectivity index (χ1n) is 8.30. The number of aliphatic hydroxyl groups excluding tert-OH is 1. The maximum Gasteiger partial charge on any atom is 0.319 e. The average molecular weight is 353 g/mol. The Kier molecular flexibility index (Phi) is 4.96. The van der Waals surface area contributed by atoms with Gasteiger partial charge in [0.15, 0.2) is 0 Å². The number of anilines is 2. The lowest BCUT2D eigenvalue weighted by atomic mass is 9.93. The highest BCUT2D eigenvalue weighted by molar-refractivity contribution is 7.93. The predicted molar refractivity (Wildman–Crippen MR) is 92.6 cm³/mol. The van der Waals surface area contributed by atoms with Crippen molar-refractivity contribution in [3.63, 3.8) is 0 Å². The molecule has 1 aromatic carbocycles. The second kappa shape index (κ2) is 6.98. The van der Waals surface area contributed by atoms with Gasteiger partial charge in [-0.1, -0.05) is 0 Å². The molecular weight excluding hydrogens is 330 g/mol. The number of benzene rings is 1. The summed E-state index contributed by atoms with van der Waals surface area (Å²) in [6, 6.07) is 6.62. The summed E-state index contributed by atoms with van der Waals surface area (Å²) < 4.78 is 25.2. The van der Waals surface area contributed by atoms with Crippen LogP contribution in [0.3, 0.4) is 0 Å². The molecule has 2 fully saturated rings. The lowest BCUT2D eigenvalue weighted by Gasteiger charge is -2.26. The Balaban J connectivity index is 1.55. The molecule has 1 aromatic rings. The zero-order valence-electron chi connectivity index (χ0n) is 13.4. The van der Waals surface area contributed by atoms with E-state index in [-0.39, 0.29) is 23.9 Å². The van der Waals surface area contributed by atoms with Gasteiger partial charge in [-0.15, -0.1) is 0 Å². The minimum absolute atomic E-state index is 0.0856. The first-order chi connectivity index (χ1) is 11.4. The van der Waals surface area contributed by atoms with Gasteiger partial charge in [0, 0.05) is 18.3 Å². The van der Waals surface area contributed by atoms with Gasteiger partial charge in [0.2, 0.25) is 10.0 Å². The molecule has 0 bridgehead atoms. The predicted octanol–water partition coefficient (Wildman–Crippen LogP) is 1.65. The molecule has 2 amide bonds. The van der Waals surface area contributed by atoms with Gasteiger partial charge in [0.25, 0.3) is 0 Å². The third-order valence-electron chi connectivity index (χ3n) is 4.54. The third kappa shape index (κ3) is 3.99. The Morgan fingerprint density at radius 1 is 1.12 bits per heavy atom. The first kappa shape index (κ1) is 17.0. The molecule has 1 aliphatic heterocycles. The monoisotopic (exact) mass is 353 g/mol. The van der Waals surface area contributed by atoms with Crippen molar-refractivity contribution in [2.45, 2.75) is 44.2 Å². The summed E-state index contributed by atoms with van der Waals surface area (Å²) >= 11 is 0. The van der Waals surface area contributed by atoms with E-state index in [1.807, 2.05) is 0 Å². The van der Waals surface area contributed by atoms with Crippen LogP contribution in [0.25, 0.3) is 0 Å². The largest absolute Gasteiger partial charge is 0.393 e. The number of nitrogens with one attached hydrogen (secondary N) is 2. The number of nitrogens with zero attached hydrogens (tertiary/aromatic N) is 1. The molecule has 3 rings (SSSR count). The average Bonchev–Trinajstić information content (AvgIpc) is 2.90. The zero-order chi connectivity index (χ0) is 17.2. The highest BCUT2D eigenvalue weighted by atomic mass is 32.2. The summed E-state index contributed by atoms with van der Waals surface area (Å²) in [5, 5.41) is 15.1. The van der Waals surface area contributed by atoms with E-state index < -0.39 is 10.0 Å². The van der Waals surface area contributed by atoms with E-state index in [4.69, 9.17) is 0 Å². The molecule has 132 valence electrons. The lowest BCUT2D eigenvalue weighted by molar-refractivity contribution is 0.118. The van der Waals surface area contributed by atoms with E-state index in [9.17, 15) is 18.3 Å². The van der Waals surface area contributed by atoms with E-state index in [1.54, 1.807) is 24.3 Å². The number of sulfonamides is 1. The smallest absolute Gasteiger partial charge is 0.319 e. The van der Waals surface area contributed by atoms with Crippen LogP contribution in [0.15, 0.2) is 24.3 Å². The number of amides is 2. The second-order valence-corrected chi connectivity index (χ2v) is 8.41. The summed E-state index contributed by atoms with van der Waals surface area (Å²) in [7, 11) is -3.19. The van der Waals surface area contributed by atoms with Crippen molar-refractivity contribution in [3.8, 4) is 0 Å². The number of carbonyl (C=O) groups is 1. The van der Waals surface area contributed by atoms with E-state index in [1.165, 1.54) is 4.31 Å². The van der Waals surface area contributed by atoms with E-state index in [0.717, 1.165) is 12.8 Å². The summed E-state index contributed by atoms with van der Waals surface area (Å²) in [6.45, 7) is 0.503. The maximum atomic E-state index is 12.0. The zero-order valence-corrected chi connectivity index (χ0v) is 14.3. The Bertz CT molecular complexity index is 682. The maximum absolute atomic E-state index is 12.0. The van der Waals surface area contributed by atoms with Gasteiger partial charge >= 0.3 is 6.03 Å². The molecule has 8 heteroatoms. The van der Waals surface area contributed by atoms with Crippen molar-refractivity contribution in [1.29, 1.82) is 0 Å². The van der Waals surface area contributed by atoms with Crippen molar-refractivity contribution in [1.82, 2.24) is 5.32 Å². The molecular formula is C16H23N3O4S. The molecule has 2 aliphatic rings. The van der Waals surface area contributed by atoms with Crippen LogP contribution >= 0.6 is 0 Å². The lowest BCUT2D eigenvalue weighted by Crippen LogP contribution is -2.40. The fourth-order valence-electron chi connectivity index (χ4n) is 3.21. The van der Waals surface area contributed by atoms with Crippen LogP contribution < -0.4 is 14.9 Å². The first-order valence-corrected chi connectivity index (χ1v) is 9.91. The van der Waals surface area contributed by atoms with Gasteiger partial charge in [-0.2, -0.15) is 0 Å². The summed E-state index contributed by atoms with van der Waals surface area (Å²) in [6.07, 6.45) is 3.37. The molecule has 0 radical (unpaired) electrons. The van der Waals surface area contributed by atoms with Gasteiger partial charge in [0.1, 0.15) is 0 Å². The number of hydrogen-bond acceptors (Lipinski definition) is 4. The van der Waals surface area contributed by atoms with Crippen LogP contribution in [0.2, 0.25) is 0 Å². The highest BCUT2D eigenvalue weighted by Crippen LogP contribution is 2.25. The molecule has 7 nitrogen and oxygen atoms in total. The number of rotatable bonds is 3. The van der Waals surface area contributed by atoms with Crippen molar-refractivity contribution in [3.05, 3.63) is 24.3 Å². The van der Waals surface area contributed by atoms with Gasteiger partial charge in [0.05, 0.1) is 17.5 Å². The quantitative estimate of drug-likeness (QED) is 0.769. The van der Waals surface area contributed by atoms with Crippen LogP contribution in [0, 0.1) is 0 Å². The van der Waals surface area contributed by atoms with Crippen molar-refractivity contribution in [2.75, 3.05) is 21.9 Å². The topological polar surface area (TPSA) is 98.7 Å². The van der Waals surface area contributed by atoms with Crippen LogP contribution in [0.1, 0.15) is 32.1 Å². The van der Waals surface area contributed by atoms with Crippen LogP contribution in [0.4, 0.5) is 16.2 Å². The minimum atomic E-state index is -3.19. The van der Waals surface area contributed by atoms with Crippen LogP contribution in [-0.2, 0) is 10.0 Å². The molecule has 0 unspecified atom stereocenters. The highest BCUT2D eigenvalue weighted by Gasteiger charge is 2.28. The molecule has 1 aliphatic carbocycles. The standard InChI is InChI=1S/C16H23N3O4S/c20-15-8-4-13(5-9-15)18-16(21)17-12-2-6-14(7-3-12)19-10-1-11-24(19,22)23/h2-3,6-7,13,15,20H,1,4-5,8-11H2,(H2,17,18,21). The number of hydrogen-bond donors (Lipinski definition) is 3. The summed E-state index contributed by atoms with van der Waals surface area (Å²) in [5.74, 6) is 0.186. The van der Waals surface area contributed by atoms with Gasteiger partial charge < -0.3 is 15.7 Å². The van der Waals surface area contributed by atoms with Crippen molar-refractivity contribution in [2.24, 2.45) is 0 Å². The number of aliphatic hydroxyl groups is 1. The molecule has 0 spiro atoms. The molecule has 24 heavy (non-hydrogen) atoms. The fraction of sp³-hybridized carbons (Fsp3) is 0.562. The van der Waals surface area contributed by atoms with Crippen LogP contribution in [-0.4, -0.2) is 44.0 Å². The Morgan fingerprint density at radius 2 is 1.79 bits per heavy atom. The molecule has 0 aromatic heterocycles. The van der Waals surface area contributed by atoms with Crippen LogP contribution in [0.5, 0.6) is 0 Å². The minimum Gasteiger partial charge on any atom is -0.393 e. The normalized spacial score (nSPS) is 26.1. The van der Waals surface area contributed by atoms with Gasteiger partial charge in [-0.3, -0.25) is 4.31 Å². The number of urea groups is 1. The fourth-order valence-corrected chi connectivity index (χ4v) is 4.78. The van der Waals surface area contributed by atoms with E-state index in [2.05, 4.69) is 10.6 Å². The molecule has 0 atom stereocenters. The Labute approximate surface area is 142 Å². The Morgan fingerprint density at radius 3 is 2.38 bits per heavy atom. The molecule has 1 heterocycles. The SMILES string of the molecule is O=C(Nc1ccc(N2CCCS2(=O)=O)cc1)NC1CCC(O)CC1. The van der Waals surface area contributed by atoms with Crippen molar-refractivity contribution >= 4 is 27.4 Å². The summed E-state index contributed by atoms with van der Waals surface area (Å²) in [5.41, 5.74) is 1.24. The van der Waals surface area contributed by atoms with Crippen molar-refractivity contribution < 1.29 is 18.3 Å². The van der Waals surface area contributed by atoms with E-state index >= 15 is 0 Å². The summed E-state index contributed by atoms with van der Waals surface area (Å²) in [4.78, 5) is 12.0.